The minimum Gasteiger partial charge on any atom is -0.382 e. The fraction of sp³-hybridized carbons (Fsp3) is 0.136. The smallest absolute Gasteiger partial charge is 0.382 e. The number of anilines is 3. The van der Waals surface area contributed by atoms with Gasteiger partial charge in [-0.3, -0.25) is 9.36 Å². The van der Waals surface area contributed by atoms with Crippen LogP contribution in [-0.2, 0) is 0 Å². The molecule has 4 aromatic rings. The van der Waals surface area contributed by atoms with Gasteiger partial charge in [-0.15, -0.1) is 0 Å². The van der Waals surface area contributed by atoms with Crippen molar-refractivity contribution in [1.82, 2.24) is 19.5 Å². The molecule has 178 valence electrons. The highest BCUT2D eigenvalue weighted by Crippen LogP contribution is 2.33. The van der Waals surface area contributed by atoms with E-state index in [0.29, 0.717) is 0 Å². The highest BCUT2D eigenvalue weighted by atomic mass is 19.4. The van der Waals surface area contributed by atoms with Crippen molar-refractivity contribution in [2.24, 2.45) is 0 Å². The van der Waals surface area contributed by atoms with Gasteiger partial charge in [0.05, 0.1) is 29.1 Å². The van der Waals surface area contributed by atoms with Crippen LogP contribution in [0.15, 0.2) is 53.3 Å². The van der Waals surface area contributed by atoms with E-state index in [9.17, 15) is 27.6 Å². The summed E-state index contributed by atoms with van der Waals surface area (Å²) in [5.41, 5.74) is 10.3. The molecule has 9 nitrogen and oxygen atoms in total. The number of halogens is 4. The predicted molar refractivity (Wildman–Crippen MR) is 120 cm³/mol. The molecule has 2 heterocycles. The van der Waals surface area contributed by atoms with E-state index in [4.69, 9.17) is 11.5 Å². The molecule has 0 aliphatic carbocycles. The molecule has 0 aliphatic rings. The molecule has 0 saturated heterocycles. The minimum atomic E-state index is -4.73. The highest BCUT2D eigenvalue weighted by molar-refractivity contribution is 5.78. The molecular formula is C22H16F4N8O. The van der Waals surface area contributed by atoms with Gasteiger partial charge >= 0.3 is 6.18 Å². The van der Waals surface area contributed by atoms with Crippen molar-refractivity contribution in [2.45, 2.75) is 18.6 Å². The molecule has 0 spiro atoms. The number of nitrogens with zero attached hydrogens (tertiary/aromatic N) is 5. The van der Waals surface area contributed by atoms with Crippen molar-refractivity contribution >= 4 is 28.5 Å². The topological polar surface area (TPSA) is 149 Å². The lowest BCUT2D eigenvalue weighted by atomic mass is 10.1. The first-order valence-electron chi connectivity index (χ1n) is 10.0. The number of aromatic nitrogens is 4. The molecule has 0 radical (unpaired) electrons. The van der Waals surface area contributed by atoms with Crippen LogP contribution < -0.4 is 22.3 Å². The van der Waals surface area contributed by atoms with Crippen molar-refractivity contribution < 1.29 is 17.6 Å². The maximum Gasteiger partial charge on any atom is 0.391 e. The van der Waals surface area contributed by atoms with Gasteiger partial charge in [0.25, 0.3) is 5.56 Å². The maximum absolute atomic E-state index is 13.9. The number of nitrogens with two attached hydrogens (primary N) is 2. The van der Waals surface area contributed by atoms with Crippen molar-refractivity contribution in [3.8, 4) is 11.8 Å². The molecule has 13 heteroatoms. The summed E-state index contributed by atoms with van der Waals surface area (Å²) in [6.45, 7) is 0. The highest BCUT2D eigenvalue weighted by Gasteiger charge is 2.36. The average molecular weight is 484 g/mol. The Labute approximate surface area is 194 Å². The lowest BCUT2D eigenvalue weighted by Gasteiger charge is -2.24. The minimum absolute atomic E-state index is 0.0187. The van der Waals surface area contributed by atoms with Gasteiger partial charge in [-0.2, -0.15) is 28.4 Å². The van der Waals surface area contributed by atoms with E-state index in [1.807, 2.05) is 0 Å². The lowest BCUT2D eigenvalue weighted by Crippen LogP contribution is -2.31. The van der Waals surface area contributed by atoms with Crippen LogP contribution in [0.5, 0.6) is 0 Å². The Morgan fingerprint density at radius 3 is 2.46 bits per heavy atom. The Bertz CT molecular complexity index is 1510. The monoisotopic (exact) mass is 484 g/mol. The summed E-state index contributed by atoms with van der Waals surface area (Å²) in [6.07, 6.45) is -6.24. The van der Waals surface area contributed by atoms with Crippen LogP contribution in [0, 0.1) is 17.1 Å². The molecule has 2 aromatic heterocycles. The number of rotatable bonds is 5. The first-order valence-corrected chi connectivity index (χ1v) is 10.0. The Hall–Kier alpha value is -4.73. The lowest BCUT2D eigenvalue weighted by molar-refractivity contribution is -0.137. The number of hydrogen-bond donors (Lipinski definition) is 3. The molecule has 5 N–H and O–H groups in total. The van der Waals surface area contributed by atoms with E-state index >= 15 is 0 Å². The second kappa shape index (κ2) is 8.90. The Morgan fingerprint density at radius 1 is 1.09 bits per heavy atom. The predicted octanol–water partition coefficient (Wildman–Crippen LogP) is 3.46. The third-order valence-electron chi connectivity index (χ3n) is 4.99. The van der Waals surface area contributed by atoms with Gasteiger partial charge in [-0.25, -0.2) is 9.37 Å². The molecular weight excluding hydrogens is 468 g/mol. The Balaban J connectivity index is 2.01. The summed E-state index contributed by atoms with van der Waals surface area (Å²) < 4.78 is 55.9. The van der Waals surface area contributed by atoms with Gasteiger partial charge in [0, 0.05) is 0 Å². The van der Waals surface area contributed by atoms with E-state index < -0.39 is 30.0 Å². The third kappa shape index (κ3) is 4.81. The Morgan fingerprint density at radius 2 is 1.80 bits per heavy atom. The van der Waals surface area contributed by atoms with Crippen LogP contribution in [0.1, 0.15) is 23.9 Å². The van der Waals surface area contributed by atoms with Crippen molar-refractivity contribution in [3.63, 3.8) is 0 Å². The van der Waals surface area contributed by atoms with Gasteiger partial charge in [-0.1, -0.05) is 18.2 Å². The van der Waals surface area contributed by atoms with Crippen LogP contribution in [0.4, 0.5) is 35.1 Å². The quantitative estimate of drug-likeness (QED) is 0.365. The zero-order valence-electron chi connectivity index (χ0n) is 17.7. The van der Waals surface area contributed by atoms with Gasteiger partial charge in [0.2, 0.25) is 5.95 Å². The second-order valence-corrected chi connectivity index (χ2v) is 7.43. The van der Waals surface area contributed by atoms with Crippen LogP contribution in [-0.4, -0.2) is 25.7 Å². The normalized spacial score (nSPS) is 12.3. The number of nitrogens with one attached hydrogen (secondary N) is 1. The summed E-state index contributed by atoms with van der Waals surface area (Å²) in [4.78, 5) is 25.1. The number of fused-ring (bicyclic) bond motifs is 1. The van der Waals surface area contributed by atoms with Gasteiger partial charge in [0.1, 0.15) is 29.1 Å². The molecule has 0 aliphatic heterocycles. The molecule has 1 unspecified atom stereocenters. The molecule has 2 aromatic carbocycles. The van der Waals surface area contributed by atoms with Gasteiger partial charge < -0.3 is 16.8 Å². The van der Waals surface area contributed by atoms with Gasteiger partial charge in [-0.05, 0) is 30.3 Å². The fourth-order valence-electron chi connectivity index (χ4n) is 3.55. The standard InChI is InChI=1S/C22H16F4N8O/c23-11-6-7-15-13(8-11)20(35)34(12-4-2-1-3-5-12)19(31-15)16(9-22(24,25)26)30-18-14(10-27)17(28)32-21(29)33-18/h1-8,16H,9H2,(H5,28,29,30,32,33). The van der Waals surface area contributed by atoms with E-state index in [-0.39, 0.29) is 45.6 Å². The molecule has 0 fully saturated rings. The van der Waals surface area contributed by atoms with Crippen LogP contribution >= 0.6 is 0 Å². The first-order chi connectivity index (χ1) is 16.6. The molecule has 4 rings (SSSR count). The number of nitriles is 1. The van der Waals surface area contributed by atoms with Crippen LogP contribution in [0.2, 0.25) is 0 Å². The van der Waals surface area contributed by atoms with E-state index in [2.05, 4.69) is 20.3 Å². The molecule has 0 bridgehead atoms. The van der Waals surface area contributed by atoms with Gasteiger partial charge in [0.15, 0.2) is 5.82 Å². The summed E-state index contributed by atoms with van der Waals surface area (Å²) in [5, 5.41) is 11.8. The number of hydrogen-bond acceptors (Lipinski definition) is 8. The van der Waals surface area contributed by atoms with Crippen LogP contribution in [0.3, 0.4) is 0 Å². The summed E-state index contributed by atoms with van der Waals surface area (Å²) >= 11 is 0. The van der Waals surface area contributed by atoms with Crippen molar-refractivity contribution in [2.75, 3.05) is 16.8 Å². The van der Waals surface area contributed by atoms with Crippen molar-refractivity contribution in [3.05, 3.63) is 76.1 Å². The van der Waals surface area contributed by atoms with E-state index in [1.54, 1.807) is 24.3 Å². The summed E-state index contributed by atoms with van der Waals surface area (Å²) in [7, 11) is 0. The summed E-state index contributed by atoms with van der Waals surface area (Å²) in [5.74, 6) is -2.13. The molecule has 35 heavy (non-hydrogen) atoms. The first kappa shape index (κ1) is 23.4. The SMILES string of the molecule is N#Cc1c(N)nc(N)nc1NC(CC(F)(F)F)c1nc2ccc(F)cc2c(=O)n1-c1ccccc1. The summed E-state index contributed by atoms with van der Waals surface area (Å²) in [6, 6.07) is 11.0. The molecule has 1 atom stereocenters. The average Bonchev–Trinajstić information content (AvgIpc) is 2.78. The Kier molecular flexibility index (Phi) is 5.96. The molecule has 0 amide bonds. The van der Waals surface area contributed by atoms with E-state index in [1.165, 1.54) is 18.2 Å². The zero-order chi connectivity index (χ0) is 25.3. The van der Waals surface area contributed by atoms with Crippen molar-refractivity contribution in [1.29, 1.82) is 5.26 Å². The number of benzene rings is 2. The number of nitrogen functional groups attached to an aromatic ring is 2. The number of alkyl halides is 3. The third-order valence-corrected chi connectivity index (χ3v) is 4.99. The fourth-order valence-corrected chi connectivity index (χ4v) is 3.55. The second-order valence-electron chi connectivity index (χ2n) is 7.43. The van der Waals surface area contributed by atoms with Crippen LogP contribution in [0.25, 0.3) is 16.6 Å². The van der Waals surface area contributed by atoms with E-state index in [0.717, 1.165) is 16.7 Å². The zero-order valence-corrected chi connectivity index (χ0v) is 17.7. The molecule has 0 saturated carbocycles. The maximum atomic E-state index is 13.9. The largest absolute Gasteiger partial charge is 0.391 e. The number of para-hydroxylation sites is 1.